The summed E-state index contributed by atoms with van der Waals surface area (Å²) in [6.07, 6.45) is 4.14. The van der Waals surface area contributed by atoms with Crippen molar-refractivity contribution >= 4 is 164 Å². The van der Waals surface area contributed by atoms with Gasteiger partial charge in [0.2, 0.25) is 17.8 Å². The van der Waals surface area contributed by atoms with Gasteiger partial charge in [0.05, 0.1) is 73.5 Å². The molecule has 0 fully saturated rings. The number of nitrogens with one attached hydrogen (secondary N) is 2. The Kier molecular flexibility index (Phi) is 48.1. The third-order valence-electron chi connectivity index (χ3n) is 19.4. The second kappa shape index (κ2) is 56.5. The number of rotatable bonds is 15. The predicted octanol–water partition coefficient (Wildman–Crippen LogP) is 14.5. The zero-order chi connectivity index (χ0) is 100. The van der Waals surface area contributed by atoms with Gasteiger partial charge in [0.25, 0.3) is 11.8 Å². The SMILES string of the molecule is C.C.COC(=O)c1cccc(/C=C/N)c1.Cc1ccc(C(=O)Nc2nc(Cl)c3c(C(=O)O)cccc3n2)cc1-n1c(C)ccc1C.Cc1ccc(C(=O)O)cc1-n1c(C)ccc1C.Cc1ccc(C(=O)O)cc1-n1c(C)ccc1C.Cc1ccc(C)n1-c1cc(C(=O)Nc2nc(Cl)c3c(C(=O)O)cccc3n2)ccc1C(=O)O.Nc1nc(Cl)c2ccccc2n1.O=C=O.O=C=O.O=C=O.O=C=O.[Na+].[OH-]. The molecular formula is C98H92Cl3N14NaO23. The van der Waals surface area contributed by atoms with Crippen molar-refractivity contribution < 1.29 is 142 Å². The maximum Gasteiger partial charge on any atom is 1.00 e. The maximum absolute atomic E-state index is 12.9. The Balaban J connectivity index is 0.000000566. The molecule has 0 atom stereocenters. The van der Waals surface area contributed by atoms with Gasteiger partial charge in [0, 0.05) is 79.1 Å². The number of ether oxygens (including phenoxy) is 1. The number of carboxylic acid groups (broad SMARTS) is 5. The number of para-hydroxylation sites is 1. The fraction of sp³-hybridized carbons (Fsp3) is 0.143. The number of aromatic nitrogens is 10. The van der Waals surface area contributed by atoms with Crippen LogP contribution in [0.25, 0.3) is 61.5 Å². The van der Waals surface area contributed by atoms with Crippen LogP contribution in [0.1, 0.15) is 166 Å². The minimum Gasteiger partial charge on any atom is -0.870 e. The maximum atomic E-state index is 12.9. The first-order valence-electron chi connectivity index (χ1n) is 39.2. The van der Waals surface area contributed by atoms with Crippen molar-refractivity contribution in [3.8, 4) is 22.7 Å². The van der Waals surface area contributed by atoms with Crippen LogP contribution in [0.4, 0.5) is 17.8 Å². The van der Waals surface area contributed by atoms with Crippen LogP contribution >= 0.6 is 34.8 Å². The topological polar surface area (TPSA) is 587 Å². The molecule has 7 heterocycles. The summed E-state index contributed by atoms with van der Waals surface area (Å²) in [4.78, 5) is 183. The Morgan fingerprint density at radius 2 is 0.676 bits per heavy atom. The van der Waals surface area contributed by atoms with Gasteiger partial charge in [-0.15, -0.1) is 0 Å². The first-order valence-corrected chi connectivity index (χ1v) is 40.3. The molecule has 2 amide bonds. The molecule has 0 aliphatic rings. The van der Waals surface area contributed by atoms with Gasteiger partial charge in [-0.3, -0.25) is 20.2 Å². The summed E-state index contributed by atoms with van der Waals surface area (Å²) in [5, 5.41) is 53.0. The summed E-state index contributed by atoms with van der Waals surface area (Å²) in [6.45, 7) is 21.7. The first-order chi connectivity index (χ1) is 64.1. The van der Waals surface area contributed by atoms with E-state index in [2.05, 4.69) is 59.0 Å². The summed E-state index contributed by atoms with van der Waals surface area (Å²) in [6, 6.07) is 59.5. The Morgan fingerprint density at radius 1 is 0.360 bits per heavy atom. The van der Waals surface area contributed by atoms with E-state index in [4.69, 9.17) is 94.8 Å². The number of nitrogen functional groups attached to an aromatic ring is 1. The molecule has 0 bridgehead atoms. The fourth-order valence-electron chi connectivity index (χ4n) is 13.3. The number of esters is 1. The van der Waals surface area contributed by atoms with Crippen LogP contribution in [0, 0.1) is 76.2 Å². The smallest absolute Gasteiger partial charge is 0.870 e. The van der Waals surface area contributed by atoms with Crippen LogP contribution in [-0.2, 0) is 43.1 Å². The number of halogens is 3. The van der Waals surface area contributed by atoms with Crippen molar-refractivity contribution in [3.63, 3.8) is 0 Å². The summed E-state index contributed by atoms with van der Waals surface area (Å²) in [5.74, 6) is -6.44. The van der Waals surface area contributed by atoms with Crippen LogP contribution in [0.2, 0.25) is 15.5 Å². The standard InChI is InChI=1S/C23H17ClN4O5.C23H19ClN4O3.2C14H15NO2.C10H11NO2.C8H6ClN3.4CO2.2CH4.Na.H2O/c1-11-6-7-12(2)28(11)17-10-13(8-9-14(17)21(30)31)20(29)27-23-25-16-5-3-4-15(22(32)33)18(16)19(24)26-23;1-12-7-10-15(11-18(12)28-13(2)8-9-14(28)3)21(29)27-23-25-17-6-4-5-16(22(30)31)19(17)20(24)26-23;2*1-9-4-7-12(14(16)17)8-13(9)15-10(2)5-6-11(15)3;1-13-10(12)9-4-2-3-8(7-9)5-6-11;9-7-5-3-1-2-4-6(5)11-8(10)12-7;4*2-1-3;;;;/h3-10H,1-2H3,(H,30,31)(H,32,33)(H,25,26,27,29);4-11H,1-3H3,(H,30,31)(H,25,26,27,29);2*4-8H,1-3H3,(H,16,17);2-7H,11H2,1H3;1-4H,(H2,10,11,12);;;;;2*1H4;;1H2/q;;;;;;;;;;;;+1;/p-1/b;;;;6-5+;;;;;;;;;. The van der Waals surface area contributed by atoms with Gasteiger partial charge in [-0.05, 0) is 262 Å². The fourth-order valence-corrected chi connectivity index (χ4v) is 14.1. The molecule has 0 saturated heterocycles. The van der Waals surface area contributed by atoms with E-state index in [1.54, 1.807) is 77.4 Å². The molecule has 714 valence electrons. The number of hydrogen-bond donors (Lipinski definition) is 9. The van der Waals surface area contributed by atoms with Crippen molar-refractivity contribution in [2.24, 2.45) is 5.73 Å². The summed E-state index contributed by atoms with van der Waals surface area (Å²) in [5.41, 5.74) is 29.1. The second-order valence-corrected chi connectivity index (χ2v) is 29.3. The number of benzene rings is 8. The number of carbonyl (C=O) groups excluding carboxylic acids is 11. The number of aromatic carboxylic acids is 5. The minimum atomic E-state index is -1.18. The normalized spacial score (nSPS) is 9.69. The second-order valence-electron chi connectivity index (χ2n) is 28.3. The molecule has 0 aliphatic carbocycles. The predicted molar refractivity (Wildman–Crippen MR) is 510 cm³/mol. The van der Waals surface area contributed by atoms with Crippen LogP contribution < -0.4 is 51.7 Å². The number of methoxy groups -OCH3 is 1. The number of nitrogens with zero attached hydrogens (tertiary/aromatic N) is 10. The number of carboxylic acids is 5. The van der Waals surface area contributed by atoms with E-state index >= 15 is 0 Å². The molecule has 15 rings (SSSR count). The molecule has 0 unspecified atom stereocenters. The molecule has 0 spiro atoms. The Hall–Kier alpha value is -16.7. The quantitative estimate of drug-likeness (QED) is 0.0261. The molecule has 0 saturated carbocycles. The number of carbonyl (C=O) groups is 8. The molecule has 37 nitrogen and oxygen atoms in total. The molecule has 0 radical (unpaired) electrons. The Labute approximate surface area is 831 Å². The third kappa shape index (κ3) is 31.7. The number of aryl methyl sites for hydroxylation is 11. The van der Waals surface area contributed by atoms with Gasteiger partial charge in [0.1, 0.15) is 15.5 Å². The van der Waals surface area contributed by atoms with E-state index in [-0.39, 0.29) is 147 Å². The summed E-state index contributed by atoms with van der Waals surface area (Å²) < 4.78 is 12.6. The number of hydrogen-bond acceptors (Lipinski definition) is 26. The van der Waals surface area contributed by atoms with Crippen molar-refractivity contribution in [3.05, 3.63) is 340 Å². The average molecular weight is 1960 g/mol. The molecule has 15 aromatic rings. The Bertz CT molecular complexity index is 6940. The van der Waals surface area contributed by atoms with Crippen LogP contribution in [0.3, 0.4) is 0 Å². The van der Waals surface area contributed by atoms with Gasteiger partial charge < -0.3 is 65.5 Å². The number of amides is 2. The van der Waals surface area contributed by atoms with Crippen molar-refractivity contribution in [2.45, 2.75) is 91.0 Å². The summed E-state index contributed by atoms with van der Waals surface area (Å²) >= 11 is 18.2. The van der Waals surface area contributed by atoms with Gasteiger partial charge >= 0.3 is 90.0 Å². The van der Waals surface area contributed by atoms with Crippen LogP contribution in [0.15, 0.2) is 212 Å². The third-order valence-corrected chi connectivity index (χ3v) is 20.2. The van der Waals surface area contributed by atoms with E-state index in [9.17, 15) is 53.7 Å². The van der Waals surface area contributed by atoms with Crippen LogP contribution in [0.5, 0.6) is 0 Å². The zero-order valence-electron chi connectivity index (χ0n) is 75.2. The van der Waals surface area contributed by atoms with Gasteiger partial charge in [-0.2, -0.15) is 38.4 Å². The molecule has 7 aromatic heterocycles. The van der Waals surface area contributed by atoms with E-state index in [0.29, 0.717) is 38.6 Å². The van der Waals surface area contributed by atoms with Crippen molar-refractivity contribution in [2.75, 3.05) is 23.5 Å². The minimum absolute atomic E-state index is 0. The van der Waals surface area contributed by atoms with Gasteiger partial charge in [-0.25, -0.2) is 58.7 Å². The number of nitrogens with two attached hydrogens (primary N) is 2. The van der Waals surface area contributed by atoms with Crippen molar-refractivity contribution in [1.29, 1.82) is 0 Å². The van der Waals surface area contributed by atoms with Gasteiger partial charge in [-0.1, -0.05) is 104 Å². The van der Waals surface area contributed by atoms with Crippen molar-refractivity contribution in [1.82, 2.24) is 48.2 Å². The zero-order valence-corrected chi connectivity index (χ0v) is 79.4. The number of fused-ring (bicyclic) bond motifs is 3. The molecule has 0 aliphatic heterocycles. The van der Waals surface area contributed by atoms with E-state index in [1.165, 1.54) is 49.7 Å². The average Bonchev–Trinajstić information content (AvgIpc) is 1.74. The molecule has 8 aromatic carbocycles. The molecule has 12 N–H and O–H groups in total. The van der Waals surface area contributed by atoms with Crippen LogP contribution in [-0.4, -0.2) is 159 Å². The van der Waals surface area contributed by atoms with E-state index in [1.807, 2.05) is 179 Å². The first kappa shape index (κ1) is 118. The largest absolute Gasteiger partial charge is 1.00 e. The van der Waals surface area contributed by atoms with E-state index in [0.717, 1.165) is 95.8 Å². The molecular weight excluding hydrogens is 1870 g/mol. The Morgan fingerprint density at radius 3 is 1.02 bits per heavy atom. The monoisotopic (exact) mass is 1960 g/mol. The van der Waals surface area contributed by atoms with E-state index < -0.39 is 41.7 Å². The van der Waals surface area contributed by atoms with Gasteiger partial charge in [0.15, 0.2) is 0 Å². The summed E-state index contributed by atoms with van der Waals surface area (Å²) in [7, 11) is 1.35. The molecule has 41 heteroatoms. The number of anilines is 3. The molecule has 139 heavy (non-hydrogen) atoms.